The third-order valence-corrected chi connectivity index (χ3v) is 2.59. The van der Waals surface area contributed by atoms with Crippen molar-refractivity contribution in [1.82, 2.24) is 5.32 Å². The number of amides is 1. The summed E-state index contributed by atoms with van der Waals surface area (Å²) >= 11 is 0. The van der Waals surface area contributed by atoms with E-state index in [0.29, 0.717) is 25.1 Å². The number of non-ortho nitro benzene ring substituents is 1. The fraction of sp³-hybridized carbons (Fsp3) is 0.286. The smallest absolute Gasteiger partial charge is 0.269 e. The van der Waals surface area contributed by atoms with Crippen LogP contribution < -0.4 is 5.32 Å². The molecule has 0 saturated carbocycles. The number of hydrogen-bond acceptors (Lipinski definition) is 5. The van der Waals surface area contributed by atoms with Crippen LogP contribution in [0.3, 0.4) is 0 Å². The molecular weight excluding hydrogens is 274 g/mol. The first-order valence-corrected chi connectivity index (χ1v) is 6.22. The number of carbonyl (C=O) groups is 1. The summed E-state index contributed by atoms with van der Waals surface area (Å²) in [6.45, 7) is 0.931. The third kappa shape index (κ3) is 5.42. The van der Waals surface area contributed by atoms with Gasteiger partial charge in [0.15, 0.2) is 0 Å². The summed E-state index contributed by atoms with van der Waals surface area (Å²) in [5.41, 5.74) is 0.445. The quantitative estimate of drug-likeness (QED) is 0.270. The van der Waals surface area contributed by atoms with Crippen molar-refractivity contribution in [3.63, 3.8) is 0 Å². The Kier molecular flexibility index (Phi) is 6.57. The van der Waals surface area contributed by atoms with Crippen LogP contribution in [0, 0.1) is 21.4 Å². The molecule has 1 aromatic rings. The zero-order valence-corrected chi connectivity index (χ0v) is 11.5. The molecule has 0 fully saturated rings. The zero-order chi connectivity index (χ0) is 15.7. The molecule has 0 aliphatic heterocycles. The standard InChI is InChI=1S/C14H15N3O4/c1-21-8-2-7-16-14(18)12(10-15)9-11-3-5-13(6-4-11)17(19)20/h3-6,9H,2,7-8H2,1H3,(H,16,18)/b12-9+. The number of hydrogen-bond donors (Lipinski definition) is 1. The maximum atomic E-state index is 11.8. The number of nitro groups is 1. The molecule has 1 amide bonds. The van der Waals surface area contributed by atoms with Crippen LogP contribution in [-0.4, -0.2) is 31.1 Å². The summed E-state index contributed by atoms with van der Waals surface area (Å²) in [5, 5.41) is 22.1. The largest absolute Gasteiger partial charge is 0.385 e. The number of methoxy groups -OCH3 is 1. The van der Waals surface area contributed by atoms with Gasteiger partial charge in [-0.1, -0.05) is 0 Å². The minimum atomic E-state index is -0.513. The lowest BCUT2D eigenvalue weighted by molar-refractivity contribution is -0.384. The van der Waals surface area contributed by atoms with Gasteiger partial charge in [-0.2, -0.15) is 5.26 Å². The molecule has 0 atom stereocenters. The molecule has 1 N–H and O–H groups in total. The second kappa shape index (κ2) is 8.45. The van der Waals surface area contributed by atoms with Crippen LogP contribution in [-0.2, 0) is 9.53 Å². The van der Waals surface area contributed by atoms with Gasteiger partial charge in [0.2, 0.25) is 0 Å². The van der Waals surface area contributed by atoms with Gasteiger partial charge in [0.25, 0.3) is 11.6 Å². The summed E-state index contributed by atoms with van der Waals surface area (Å²) in [7, 11) is 1.57. The van der Waals surface area contributed by atoms with E-state index in [1.807, 2.05) is 6.07 Å². The molecule has 1 aromatic carbocycles. The van der Waals surface area contributed by atoms with E-state index >= 15 is 0 Å². The molecule has 0 aromatic heterocycles. The molecule has 0 bridgehead atoms. The third-order valence-electron chi connectivity index (χ3n) is 2.59. The van der Waals surface area contributed by atoms with Crippen molar-refractivity contribution in [3.05, 3.63) is 45.5 Å². The number of rotatable bonds is 7. The average Bonchev–Trinajstić information content (AvgIpc) is 2.49. The van der Waals surface area contributed by atoms with E-state index in [0.717, 1.165) is 0 Å². The highest BCUT2D eigenvalue weighted by atomic mass is 16.6. The maximum Gasteiger partial charge on any atom is 0.269 e. The number of ether oxygens (including phenoxy) is 1. The topological polar surface area (TPSA) is 105 Å². The Morgan fingerprint density at radius 3 is 2.67 bits per heavy atom. The molecule has 21 heavy (non-hydrogen) atoms. The number of nitrogens with zero attached hydrogens (tertiary/aromatic N) is 2. The highest BCUT2D eigenvalue weighted by molar-refractivity contribution is 6.01. The molecule has 110 valence electrons. The molecule has 0 heterocycles. The maximum absolute atomic E-state index is 11.8. The summed E-state index contributed by atoms with van der Waals surface area (Å²) in [5.74, 6) is -0.480. The van der Waals surface area contributed by atoms with Crippen LogP contribution in [0.25, 0.3) is 6.08 Å². The molecule has 0 aliphatic carbocycles. The van der Waals surface area contributed by atoms with Gasteiger partial charge < -0.3 is 10.1 Å². The number of nitro benzene ring substituents is 1. The fourth-order valence-corrected chi connectivity index (χ4v) is 1.52. The predicted octanol–water partition coefficient (Wildman–Crippen LogP) is 1.65. The van der Waals surface area contributed by atoms with Crippen LogP contribution in [0.1, 0.15) is 12.0 Å². The zero-order valence-electron chi connectivity index (χ0n) is 11.5. The van der Waals surface area contributed by atoms with Crippen LogP contribution >= 0.6 is 0 Å². The van der Waals surface area contributed by atoms with Gasteiger partial charge in [-0.3, -0.25) is 14.9 Å². The SMILES string of the molecule is COCCCNC(=O)/C(C#N)=C/c1ccc([N+](=O)[O-])cc1. The minimum Gasteiger partial charge on any atom is -0.385 e. The fourth-order valence-electron chi connectivity index (χ4n) is 1.52. The van der Waals surface area contributed by atoms with Crippen molar-refractivity contribution in [2.24, 2.45) is 0 Å². The van der Waals surface area contributed by atoms with E-state index < -0.39 is 10.8 Å². The Morgan fingerprint density at radius 1 is 1.48 bits per heavy atom. The van der Waals surface area contributed by atoms with Gasteiger partial charge >= 0.3 is 0 Å². The van der Waals surface area contributed by atoms with Crippen molar-refractivity contribution in [3.8, 4) is 6.07 Å². The predicted molar refractivity (Wildman–Crippen MR) is 76.2 cm³/mol. The van der Waals surface area contributed by atoms with Gasteiger partial charge in [-0.05, 0) is 30.2 Å². The minimum absolute atomic E-state index is 0.0466. The van der Waals surface area contributed by atoms with Crippen molar-refractivity contribution in [2.75, 3.05) is 20.3 Å². The van der Waals surface area contributed by atoms with Crippen molar-refractivity contribution in [2.45, 2.75) is 6.42 Å². The van der Waals surface area contributed by atoms with Gasteiger partial charge in [-0.25, -0.2) is 0 Å². The molecule has 7 heteroatoms. The van der Waals surface area contributed by atoms with Gasteiger partial charge in [0.1, 0.15) is 11.6 Å². The number of carbonyl (C=O) groups excluding carboxylic acids is 1. The van der Waals surface area contributed by atoms with E-state index in [2.05, 4.69) is 5.32 Å². The van der Waals surface area contributed by atoms with Crippen molar-refractivity contribution < 1.29 is 14.5 Å². The van der Waals surface area contributed by atoms with Crippen LogP contribution in [0.15, 0.2) is 29.8 Å². The molecule has 1 rings (SSSR count). The Labute approximate surface area is 122 Å². The van der Waals surface area contributed by atoms with E-state index in [1.54, 1.807) is 7.11 Å². The normalized spacial score (nSPS) is 10.8. The summed E-state index contributed by atoms with van der Waals surface area (Å²) in [6.07, 6.45) is 2.04. The van der Waals surface area contributed by atoms with Gasteiger partial charge in [0.05, 0.1) is 4.92 Å². The van der Waals surface area contributed by atoms with E-state index in [4.69, 9.17) is 10.00 Å². The molecule has 0 radical (unpaired) electrons. The number of benzene rings is 1. The second-order valence-corrected chi connectivity index (χ2v) is 4.12. The Bertz CT molecular complexity index is 573. The molecular formula is C14H15N3O4. The Morgan fingerprint density at radius 2 is 2.14 bits per heavy atom. The Hall–Kier alpha value is -2.72. The molecule has 0 unspecified atom stereocenters. The number of nitriles is 1. The lowest BCUT2D eigenvalue weighted by atomic mass is 10.1. The summed E-state index contributed by atoms with van der Waals surface area (Å²) in [4.78, 5) is 21.8. The van der Waals surface area contributed by atoms with Crippen molar-refractivity contribution in [1.29, 1.82) is 5.26 Å². The van der Waals surface area contributed by atoms with Crippen LogP contribution in [0.2, 0.25) is 0 Å². The summed E-state index contributed by atoms with van der Waals surface area (Å²) < 4.78 is 4.85. The average molecular weight is 289 g/mol. The van der Waals surface area contributed by atoms with Gasteiger partial charge in [0, 0.05) is 32.4 Å². The van der Waals surface area contributed by atoms with Crippen LogP contribution in [0.4, 0.5) is 5.69 Å². The van der Waals surface area contributed by atoms with E-state index in [-0.39, 0.29) is 11.3 Å². The van der Waals surface area contributed by atoms with E-state index in [1.165, 1.54) is 30.3 Å². The molecule has 0 spiro atoms. The lowest BCUT2D eigenvalue weighted by Gasteiger charge is -2.03. The van der Waals surface area contributed by atoms with Crippen molar-refractivity contribution >= 4 is 17.7 Å². The Balaban J connectivity index is 2.72. The van der Waals surface area contributed by atoms with Gasteiger partial charge in [-0.15, -0.1) is 0 Å². The molecule has 0 aliphatic rings. The second-order valence-electron chi connectivity index (χ2n) is 4.12. The highest BCUT2D eigenvalue weighted by Gasteiger charge is 2.09. The monoisotopic (exact) mass is 289 g/mol. The molecule has 0 saturated heterocycles. The molecule has 7 nitrogen and oxygen atoms in total. The highest BCUT2D eigenvalue weighted by Crippen LogP contribution is 2.14. The first kappa shape index (κ1) is 16.3. The van der Waals surface area contributed by atoms with Crippen LogP contribution in [0.5, 0.6) is 0 Å². The lowest BCUT2D eigenvalue weighted by Crippen LogP contribution is -2.26. The van der Waals surface area contributed by atoms with E-state index in [9.17, 15) is 14.9 Å². The first-order valence-electron chi connectivity index (χ1n) is 6.22. The number of nitrogens with one attached hydrogen (secondary N) is 1. The summed E-state index contributed by atoms with van der Waals surface area (Å²) in [6, 6.07) is 7.41. The first-order chi connectivity index (χ1) is 10.1.